The smallest absolute Gasteiger partial charge is 0.383 e. The number of hydrogen-bond donors (Lipinski definition) is 3. The fourth-order valence-electron chi connectivity index (χ4n) is 5.10. The fraction of sp³-hybridized carbons (Fsp3) is 0.286. The number of hydrogen-bond acceptors (Lipinski definition) is 6. The second kappa shape index (κ2) is 11.3. The van der Waals surface area contributed by atoms with Crippen molar-refractivity contribution in [2.75, 3.05) is 36.6 Å². The topological polar surface area (TPSA) is 127 Å². The van der Waals surface area contributed by atoms with Crippen LogP contribution in [-0.2, 0) is 10.9 Å². The molecule has 5 rings (SSSR count). The summed E-state index contributed by atoms with van der Waals surface area (Å²) < 4.78 is 59.9. The number of ether oxygens (including phenoxy) is 1. The molecule has 0 spiro atoms. The molecule has 3 heterocycles. The summed E-state index contributed by atoms with van der Waals surface area (Å²) >= 11 is 0. The van der Waals surface area contributed by atoms with Crippen molar-refractivity contribution >= 4 is 34.6 Å². The van der Waals surface area contributed by atoms with Crippen molar-refractivity contribution in [3.8, 4) is 11.1 Å². The zero-order valence-corrected chi connectivity index (χ0v) is 22.6. The van der Waals surface area contributed by atoms with Gasteiger partial charge in [0.15, 0.2) is 5.82 Å². The van der Waals surface area contributed by atoms with E-state index in [9.17, 15) is 27.2 Å². The predicted octanol–water partition coefficient (Wildman–Crippen LogP) is 5.34. The molecule has 1 fully saturated rings. The molecule has 0 bridgehead atoms. The lowest BCUT2D eigenvalue weighted by Gasteiger charge is -2.23. The normalized spacial score (nSPS) is 15.3. The Morgan fingerprint density at radius 1 is 1.12 bits per heavy atom. The number of alkyl halides is 3. The van der Waals surface area contributed by atoms with E-state index in [1.807, 2.05) is 0 Å². The first kappa shape index (κ1) is 28.8. The van der Waals surface area contributed by atoms with Crippen LogP contribution in [-0.4, -0.2) is 57.7 Å². The Labute approximate surface area is 237 Å². The average molecular weight is 586 g/mol. The van der Waals surface area contributed by atoms with E-state index < -0.39 is 29.3 Å². The maximum atomic E-state index is 14.1. The molecule has 2 aromatic heterocycles. The van der Waals surface area contributed by atoms with Crippen molar-refractivity contribution in [3.05, 3.63) is 71.4 Å². The van der Waals surface area contributed by atoms with Crippen LogP contribution in [0.15, 0.2) is 48.8 Å². The molecule has 220 valence electrons. The Kier molecular flexibility index (Phi) is 7.73. The van der Waals surface area contributed by atoms with Gasteiger partial charge in [-0.3, -0.25) is 4.79 Å². The Balaban J connectivity index is 1.42. The molecule has 14 heteroatoms. The van der Waals surface area contributed by atoms with Gasteiger partial charge in [0, 0.05) is 24.9 Å². The number of fused-ring (bicyclic) bond motifs is 1. The fourth-order valence-corrected chi connectivity index (χ4v) is 5.10. The van der Waals surface area contributed by atoms with E-state index in [1.165, 1.54) is 10.8 Å². The number of amides is 3. The first-order valence-electron chi connectivity index (χ1n) is 13.0. The van der Waals surface area contributed by atoms with Gasteiger partial charge in [-0.15, -0.1) is 0 Å². The van der Waals surface area contributed by atoms with Gasteiger partial charge in [0.25, 0.3) is 5.91 Å². The van der Waals surface area contributed by atoms with Crippen molar-refractivity contribution in [1.29, 1.82) is 0 Å². The van der Waals surface area contributed by atoms with Crippen LogP contribution in [0.4, 0.5) is 39.5 Å². The van der Waals surface area contributed by atoms with E-state index in [0.29, 0.717) is 64.9 Å². The highest BCUT2D eigenvalue weighted by atomic mass is 19.4. The molecule has 10 nitrogen and oxygen atoms in total. The van der Waals surface area contributed by atoms with E-state index in [0.717, 1.165) is 12.8 Å². The van der Waals surface area contributed by atoms with Crippen molar-refractivity contribution in [1.82, 2.24) is 19.5 Å². The summed E-state index contributed by atoms with van der Waals surface area (Å²) in [6.07, 6.45) is -1.75. The quantitative estimate of drug-likeness (QED) is 0.262. The number of methoxy groups -OCH3 is 1. The molecule has 1 unspecified atom stereocenters. The molecule has 1 saturated heterocycles. The number of carbonyl (C=O) groups is 2. The van der Waals surface area contributed by atoms with Gasteiger partial charge in [0.2, 0.25) is 0 Å². The van der Waals surface area contributed by atoms with Crippen LogP contribution in [0, 0.1) is 12.7 Å². The van der Waals surface area contributed by atoms with Crippen LogP contribution in [0.5, 0.6) is 0 Å². The number of carbonyl (C=O) groups excluding carboxylic acids is 2. The average Bonchev–Trinajstić information content (AvgIpc) is 3.56. The summed E-state index contributed by atoms with van der Waals surface area (Å²) in [6.45, 7) is 2.70. The van der Waals surface area contributed by atoms with Gasteiger partial charge in [0.05, 0.1) is 23.9 Å². The molecule has 0 saturated carbocycles. The molecule has 0 radical (unpaired) electrons. The maximum Gasteiger partial charge on any atom is 0.416 e. The van der Waals surface area contributed by atoms with E-state index in [4.69, 9.17) is 10.5 Å². The molecule has 3 amide bonds. The van der Waals surface area contributed by atoms with Gasteiger partial charge in [-0.1, -0.05) is 6.07 Å². The highest BCUT2D eigenvalue weighted by Crippen LogP contribution is 2.34. The number of nitrogens with zero attached hydrogens (tertiary/aromatic N) is 4. The number of nitrogens with two attached hydrogens (primary N) is 1. The minimum atomic E-state index is -4.70. The van der Waals surface area contributed by atoms with Gasteiger partial charge in [0.1, 0.15) is 23.4 Å². The van der Waals surface area contributed by atoms with Crippen LogP contribution in [0.25, 0.3) is 16.6 Å². The second-order valence-corrected chi connectivity index (χ2v) is 9.90. The van der Waals surface area contributed by atoms with Gasteiger partial charge in [-0.2, -0.15) is 18.3 Å². The van der Waals surface area contributed by atoms with Gasteiger partial charge >= 0.3 is 12.2 Å². The lowest BCUT2D eigenvalue weighted by molar-refractivity contribution is -0.137. The molecule has 0 aliphatic carbocycles. The van der Waals surface area contributed by atoms with Gasteiger partial charge in [-0.25, -0.2) is 18.7 Å². The van der Waals surface area contributed by atoms with E-state index in [1.54, 1.807) is 43.2 Å². The zero-order valence-electron chi connectivity index (χ0n) is 22.6. The highest BCUT2D eigenvalue weighted by molar-refractivity contribution is 6.02. The maximum absolute atomic E-state index is 14.1. The molecule has 4 aromatic rings. The Morgan fingerprint density at radius 3 is 2.60 bits per heavy atom. The van der Waals surface area contributed by atoms with E-state index in [-0.39, 0.29) is 17.8 Å². The summed E-state index contributed by atoms with van der Waals surface area (Å²) in [5.74, 6) is -1.07. The van der Waals surface area contributed by atoms with E-state index >= 15 is 0 Å². The van der Waals surface area contributed by atoms with Gasteiger partial charge in [-0.05, 0) is 67.3 Å². The third-order valence-corrected chi connectivity index (χ3v) is 7.13. The number of rotatable bonds is 6. The lowest BCUT2D eigenvalue weighted by atomic mass is 10.0. The zero-order chi connectivity index (χ0) is 30.2. The van der Waals surface area contributed by atoms with Crippen molar-refractivity contribution in [2.45, 2.75) is 32.0 Å². The molecule has 1 aliphatic heterocycles. The number of nitrogen functional groups attached to an aromatic ring is 1. The number of urea groups is 1. The van der Waals surface area contributed by atoms with Gasteiger partial charge < -0.3 is 26.0 Å². The molecular formula is C28H27F4N7O3. The first-order chi connectivity index (χ1) is 20.0. The monoisotopic (exact) mass is 585 g/mol. The molecular weight excluding hydrogens is 558 g/mol. The molecule has 4 N–H and O–H groups in total. The van der Waals surface area contributed by atoms with Crippen LogP contribution >= 0.6 is 0 Å². The van der Waals surface area contributed by atoms with E-state index in [2.05, 4.69) is 20.7 Å². The predicted molar refractivity (Wildman–Crippen MR) is 148 cm³/mol. The molecule has 1 atom stereocenters. The third-order valence-electron chi connectivity index (χ3n) is 7.13. The second-order valence-electron chi connectivity index (χ2n) is 9.90. The van der Waals surface area contributed by atoms with Crippen LogP contribution in [0.3, 0.4) is 0 Å². The summed E-state index contributed by atoms with van der Waals surface area (Å²) in [7, 11) is 1.59. The Bertz CT molecular complexity index is 1670. The van der Waals surface area contributed by atoms with Crippen molar-refractivity contribution < 1.29 is 31.9 Å². The number of anilines is 3. The molecule has 42 heavy (non-hydrogen) atoms. The summed E-state index contributed by atoms with van der Waals surface area (Å²) in [4.78, 5) is 32.0. The molecule has 1 aliphatic rings. The molecule has 2 aromatic carbocycles. The Hall–Kier alpha value is -4.72. The number of likely N-dealkylation sites (tertiary alicyclic amines) is 1. The summed E-state index contributed by atoms with van der Waals surface area (Å²) in [5.41, 5.74) is 7.37. The standard InChI is InChI=1S/C28H27F4N7O3/c1-15-10-16(5-8-21(15)36-27(41)37-22-11-17(28(30,31)32)6-7-20(22)29)19-12-23(39-24(19)25(33)34-14-35-39)26(40)38-9-3-4-18(38)13-42-2/h5-8,10-12,14,18H,3-4,9,13H2,1-2H3,(H2,33,34,35)(H2,36,37,41). The van der Waals surface area contributed by atoms with Crippen LogP contribution in [0.2, 0.25) is 0 Å². The number of benzene rings is 2. The van der Waals surface area contributed by atoms with Crippen LogP contribution in [0.1, 0.15) is 34.5 Å². The summed E-state index contributed by atoms with van der Waals surface area (Å²) in [6, 6.07) is 7.44. The SMILES string of the molecule is COCC1CCCN1C(=O)c1cc(-c2ccc(NC(=O)Nc3cc(C(F)(F)F)ccc3F)c(C)c2)c2c(N)ncnn12. The highest BCUT2D eigenvalue weighted by Gasteiger charge is 2.33. The number of aromatic nitrogens is 3. The minimum absolute atomic E-state index is 0.0566. The van der Waals surface area contributed by atoms with Crippen molar-refractivity contribution in [2.24, 2.45) is 0 Å². The lowest BCUT2D eigenvalue weighted by Crippen LogP contribution is -2.38. The summed E-state index contributed by atoms with van der Waals surface area (Å²) in [5, 5.41) is 8.92. The number of aryl methyl sites for hydroxylation is 1. The van der Waals surface area contributed by atoms with Crippen molar-refractivity contribution in [3.63, 3.8) is 0 Å². The number of nitrogens with one attached hydrogen (secondary N) is 2. The third kappa shape index (κ3) is 5.57. The minimum Gasteiger partial charge on any atom is -0.383 e. The van der Waals surface area contributed by atoms with Crippen LogP contribution < -0.4 is 16.4 Å². The number of halogens is 4. The largest absolute Gasteiger partial charge is 0.416 e. The Morgan fingerprint density at radius 2 is 1.88 bits per heavy atom. The first-order valence-corrected chi connectivity index (χ1v) is 13.0.